The highest BCUT2D eigenvalue weighted by Crippen LogP contribution is 2.26. The maximum Gasteiger partial charge on any atom is 0.323 e. The van der Waals surface area contributed by atoms with E-state index in [-0.39, 0.29) is 34.4 Å². The largest absolute Gasteiger partial charge is 0.382 e. The minimum absolute atomic E-state index is 0.0291. The number of rotatable bonds is 9. The highest BCUT2D eigenvalue weighted by atomic mass is 32.2. The first-order valence-corrected chi connectivity index (χ1v) is 13.0. The van der Waals surface area contributed by atoms with Gasteiger partial charge in [-0.1, -0.05) is 48.5 Å². The maximum atomic E-state index is 12.4. The molecule has 0 saturated heterocycles. The highest BCUT2D eigenvalue weighted by Gasteiger charge is 2.16. The molecule has 0 atom stereocenters. The highest BCUT2D eigenvalue weighted by molar-refractivity contribution is 7.87. The second-order valence-corrected chi connectivity index (χ2v) is 10.2. The molecule has 3 rings (SSSR count). The van der Waals surface area contributed by atoms with Crippen LogP contribution < -0.4 is 19.0 Å². The third kappa shape index (κ3) is 7.51. The zero-order valence-electron chi connectivity index (χ0n) is 17.6. The Morgan fingerprint density at radius 2 is 1.48 bits per heavy atom. The number of carbonyl (C=O) groups excluding carboxylic acids is 1. The van der Waals surface area contributed by atoms with Crippen LogP contribution in [-0.4, -0.2) is 28.6 Å². The average molecular weight is 491 g/mol. The quantitative estimate of drug-likeness (QED) is 0.434. The van der Waals surface area contributed by atoms with E-state index in [1.54, 1.807) is 48.5 Å². The molecular weight excluding hydrogens is 468 g/mol. The summed E-state index contributed by atoms with van der Waals surface area (Å²) in [5.74, 6) is -0.531. The van der Waals surface area contributed by atoms with Gasteiger partial charge in [0.15, 0.2) is 5.75 Å². The molecule has 0 bridgehead atoms. The molecule has 174 valence electrons. The minimum Gasteiger partial charge on any atom is -0.382 e. The molecule has 2 N–H and O–H groups in total. The van der Waals surface area contributed by atoms with Crippen molar-refractivity contribution in [1.29, 1.82) is 0 Å². The van der Waals surface area contributed by atoms with Crippen LogP contribution in [0.1, 0.15) is 12.5 Å². The van der Waals surface area contributed by atoms with E-state index in [1.807, 2.05) is 0 Å². The Bertz CT molecular complexity index is 1330. The Balaban J connectivity index is 1.67. The van der Waals surface area contributed by atoms with Gasteiger partial charge in [-0.3, -0.25) is 0 Å². The van der Waals surface area contributed by atoms with E-state index < -0.39 is 26.3 Å². The molecule has 0 heterocycles. The van der Waals surface area contributed by atoms with Crippen molar-refractivity contribution >= 4 is 37.6 Å². The molecule has 0 aromatic heterocycles. The van der Waals surface area contributed by atoms with Gasteiger partial charge in [-0.25, -0.2) is 4.79 Å². The fourth-order valence-corrected chi connectivity index (χ4v) is 4.30. The van der Waals surface area contributed by atoms with Gasteiger partial charge in [0, 0.05) is 11.8 Å². The van der Waals surface area contributed by atoms with Crippen LogP contribution in [0.5, 0.6) is 11.5 Å². The summed E-state index contributed by atoms with van der Waals surface area (Å²) in [6.45, 7) is 1.44. The van der Waals surface area contributed by atoms with Crippen LogP contribution >= 0.6 is 0 Å². The normalized spacial score (nSPS) is 11.4. The van der Waals surface area contributed by atoms with E-state index >= 15 is 0 Å². The van der Waals surface area contributed by atoms with Crippen LogP contribution in [0.15, 0.2) is 78.9 Å². The van der Waals surface area contributed by atoms with E-state index in [9.17, 15) is 21.6 Å². The molecule has 9 nitrogen and oxygen atoms in total. The number of para-hydroxylation sites is 2. The van der Waals surface area contributed by atoms with Crippen LogP contribution in [0.3, 0.4) is 0 Å². The molecular formula is C22H22N2O7S2. The Labute approximate surface area is 192 Å². The predicted octanol–water partition coefficient (Wildman–Crippen LogP) is 3.97. The van der Waals surface area contributed by atoms with Gasteiger partial charge < -0.3 is 19.0 Å². The molecule has 0 saturated carbocycles. The summed E-state index contributed by atoms with van der Waals surface area (Å²) in [6, 6.07) is 19.8. The van der Waals surface area contributed by atoms with Crippen LogP contribution in [-0.2, 0) is 26.0 Å². The Morgan fingerprint density at radius 1 is 0.788 bits per heavy atom. The van der Waals surface area contributed by atoms with Crippen molar-refractivity contribution in [3.8, 4) is 11.5 Å². The van der Waals surface area contributed by atoms with Gasteiger partial charge in [-0.2, -0.15) is 16.8 Å². The lowest BCUT2D eigenvalue weighted by Crippen LogP contribution is -2.21. The summed E-state index contributed by atoms with van der Waals surface area (Å²) in [5, 5.41) is 5.05. The van der Waals surface area contributed by atoms with E-state index in [0.29, 0.717) is 5.56 Å². The average Bonchev–Trinajstić information content (AvgIpc) is 2.75. The topological polar surface area (TPSA) is 128 Å². The van der Waals surface area contributed by atoms with Gasteiger partial charge in [-0.15, -0.1) is 0 Å². The number of anilines is 2. The minimum atomic E-state index is -3.91. The molecule has 11 heteroatoms. The molecule has 0 fully saturated rings. The van der Waals surface area contributed by atoms with E-state index in [1.165, 1.54) is 37.3 Å². The van der Waals surface area contributed by atoms with Crippen molar-refractivity contribution in [2.75, 3.05) is 16.4 Å². The second-order valence-electron chi connectivity index (χ2n) is 6.80. The summed E-state index contributed by atoms with van der Waals surface area (Å²) in [6.07, 6.45) is 0. The molecule has 0 aliphatic rings. The standard InChI is InChI=1S/C22H22N2O7S2/c1-2-32(26,27)31-21-14-7-6-13-20(21)24-22(25)23-18-11-8-12-19(15-18)30-33(28,29)16-17-9-4-3-5-10-17/h3-15H,2,16H2,1H3,(H2,23,24,25). The Morgan fingerprint density at radius 3 is 2.21 bits per heavy atom. The zero-order valence-corrected chi connectivity index (χ0v) is 19.2. The number of amides is 2. The van der Waals surface area contributed by atoms with Gasteiger partial charge in [0.2, 0.25) is 0 Å². The molecule has 0 unspecified atom stereocenters. The summed E-state index contributed by atoms with van der Waals surface area (Å²) < 4.78 is 58.3. The van der Waals surface area contributed by atoms with Gasteiger partial charge in [-0.05, 0) is 36.8 Å². The second kappa shape index (κ2) is 10.4. The molecule has 3 aromatic rings. The lowest BCUT2D eigenvalue weighted by Gasteiger charge is -2.13. The summed E-state index contributed by atoms with van der Waals surface area (Å²) in [4.78, 5) is 12.4. The van der Waals surface area contributed by atoms with Crippen LogP contribution in [0.25, 0.3) is 0 Å². The van der Waals surface area contributed by atoms with Crippen LogP contribution in [0.4, 0.5) is 16.2 Å². The third-order valence-electron chi connectivity index (χ3n) is 4.21. The molecule has 0 aliphatic heterocycles. The lowest BCUT2D eigenvalue weighted by molar-refractivity contribution is 0.262. The maximum absolute atomic E-state index is 12.4. The third-order valence-corrected chi connectivity index (χ3v) is 6.48. The number of hydrogen-bond donors (Lipinski definition) is 2. The molecule has 0 radical (unpaired) electrons. The van der Waals surface area contributed by atoms with E-state index in [2.05, 4.69) is 10.6 Å². The van der Waals surface area contributed by atoms with Crippen molar-refractivity contribution in [2.45, 2.75) is 12.7 Å². The first-order chi connectivity index (χ1) is 15.7. The van der Waals surface area contributed by atoms with E-state index in [4.69, 9.17) is 8.37 Å². The molecule has 3 aromatic carbocycles. The van der Waals surface area contributed by atoms with Gasteiger partial charge in [0.1, 0.15) is 11.5 Å². The Kier molecular flexibility index (Phi) is 7.56. The first-order valence-electron chi connectivity index (χ1n) is 9.81. The molecule has 33 heavy (non-hydrogen) atoms. The smallest absolute Gasteiger partial charge is 0.323 e. The van der Waals surface area contributed by atoms with Crippen molar-refractivity contribution < 1.29 is 30.0 Å². The van der Waals surface area contributed by atoms with Gasteiger partial charge in [0.05, 0.1) is 11.4 Å². The number of urea groups is 1. The molecule has 2 amide bonds. The number of carbonyl (C=O) groups is 1. The van der Waals surface area contributed by atoms with Crippen LogP contribution in [0.2, 0.25) is 0 Å². The van der Waals surface area contributed by atoms with Crippen molar-refractivity contribution in [2.24, 2.45) is 0 Å². The monoisotopic (exact) mass is 490 g/mol. The number of hydrogen-bond acceptors (Lipinski definition) is 7. The fourth-order valence-electron chi connectivity index (χ4n) is 2.70. The van der Waals surface area contributed by atoms with Crippen molar-refractivity contribution in [3.05, 3.63) is 84.4 Å². The van der Waals surface area contributed by atoms with Gasteiger partial charge >= 0.3 is 26.3 Å². The van der Waals surface area contributed by atoms with Crippen molar-refractivity contribution in [1.82, 2.24) is 0 Å². The predicted molar refractivity (Wildman–Crippen MR) is 125 cm³/mol. The number of nitrogens with one attached hydrogen (secondary N) is 2. The molecule has 0 aliphatic carbocycles. The summed E-state index contributed by atoms with van der Waals surface area (Å²) in [5.41, 5.74) is 0.987. The fraction of sp³-hybridized carbons (Fsp3) is 0.136. The summed E-state index contributed by atoms with van der Waals surface area (Å²) >= 11 is 0. The number of benzene rings is 3. The molecule has 0 spiro atoms. The first kappa shape index (κ1) is 24.1. The Hall–Kier alpha value is -3.57. The van der Waals surface area contributed by atoms with Crippen molar-refractivity contribution in [3.63, 3.8) is 0 Å². The SMILES string of the molecule is CCS(=O)(=O)Oc1ccccc1NC(=O)Nc1cccc(OS(=O)(=O)Cc2ccccc2)c1. The lowest BCUT2D eigenvalue weighted by atomic mass is 10.2. The zero-order chi connectivity index (χ0) is 23.9. The van der Waals surface area contributed by atoms with E-state index in [0.717, 1.165) is 0 Å². The van der Waals surface area contributed by atoms with Gasteiger partial charge in [0.25, 0.3) is 0 Å². The van der Waals surface area contributed by atoms with Crippen LogP contribution in [0, 0.1) is 0 Å². The summed E-state index contributed by atoms with van der Waals surface area (Å²) in [7, 11) is -7.69.